The van der Waals surface area contributed by atoms with Gasteiger partial charge in [-0.05, 0) is 37.3 Å². The van der Waals surface area contributed by atoms with Gasteiger partial charge in [-0.2, -0.15) is 5.10 Å². The second-order valence-electron chi connectivity index (χ2n) is 6.29. The molecular weight excluding hydrogens is 290 g/mol. The molecule has 2 aromatic heterocycles. The van der Waals surface area contributed by atoms with Crippen LogP contribution in [0.25, 0.3) is 5.82 Å². The molecule has 0 bridgehead atoms. The van der Waals surface area contributed by atoms with E-state index in [1.54, 1.807) is 23.3 Å². The Balaban J connectivity index is 1.69. The Bertz CT molecular complexity index is 652. The van der Waals surface area contributed by atoms with Gasteiger partial charge in [0.15, 0.2) is 5.82 Å². The van der Waals surface area contributed by atoms with E-state index in [9.17, 15) is 4.79 Å². The Morgan fingerprint density at radius 2 is 2.22 bits per heavy atom. The smallest absolute Gasteiger partial charge is 0.321 e. The molecule has 2 aromatic rings. The molecule has 1 aliphatic rings. The first-order valence-electron chi connectivity index (χ1n) is 8.19. The van der Waals surface area contributed by atoms with Gasteiger partial charge in [-0.3, -0.25) is 0 Å². The number of nitrogens with one attached hydrogen (secondary N) is 1. The first-order chi connectivity index (χ1) is 11.1. The van der Waals surface area contributed by atoms with Gasteiger partial charge in [0.2, 0.25) is 0 Å². The first-order valence-corrected chi connectivity index (χ1v) is 8.19. The number of piperidine rings is 1. The summed E-state index contributed by atoms with van der Waals surface area (Å²) in [4.78, 5) is 18.8. The Labute approximate surface area is 136 Å². The van der Waals surface area contributed by atoms with E-state index in [1.807, 2.05) is 23.1 Å². The molecule has 0 aromatic carbocycles. The standard InChI is InChI=1S/C17H23N5O/c1-13(2)15-7-4-6-10-21(15)17(23)20-14-11-19-22(12-14)16-8-3-5-9-18-16/h3,5,8-9,11-13,15H,4,6-7,10H2,1-2H3,(H,20,23)/t15-/m0/s1. The lowest BCUT2D eigenvalue weighted by atomic mass is 9.93. The maximum absolute atomic E-state index is 12.6. The molecule has 2 amide bonds. The third kappa shape index (κ3) is 3.52. The van der Waals surface area contributed by atoms with Gasteiger partial charge in [0.05, 0.1) is 18.1 Å². The molecule has 0 spiro atoms. The minimum Gasteiger partial charge on any atom is -0.321 e. The lowest BCUT2D eigenvalue weighted by Gasteiger charge is -2.38. The molecule has 1 fully saturated rings. The number of nitrogens with zero attached hydrogens (tertiary/aromatic N) is 4. The summed E-state index contributed by atoms with van der Waals surface area (Å²) in [5.74, 6) is 1.20. The molecule has 0 aliphatic carbocycles. The van der Waals surface area contributed by atoms with Gasteiger partial charge in [-0.15, -0.1) is 0 Å². The van der Waals surface area contributed by atoms with Crippen LogP contribution in [0.5, 0.6) is 0 Å². The maximum Gasteiger partial charge on any atom is 0.322 e. The van der Waals surface area contributed by atoms with E-state index in [0.717, 1.165) is 25.2 Å². The minimum atomic E-state index is -0.0380. The predicted octanol–water partition coefficient (Wildman–Crippen LogP) is 3.31. The quantitative estimate of drug-likeness (QED) is 0.945. The van der Waals surface area contributed by atoms with Crippen molar-refractivity contribution in [1.29, 1.82) is 0 Å². The van der Waals surface area contributed by atoms with Crippen LogP contribution in [-0.4, -0.2) is 38.3 Å². The Morgan fingerprint density at radius 3 is 2.96 bits per heavy atom. The van der Waals surface area contributed by atoms with Gasteiger partial charge in [-0.25, -0.2) is 14.5 Å². The van der Waals surface area contributed by atoms with Crippen LogP contribution in [0.15, 0.2) is 36.8 Å². The highest BCUT2D eigenvalue weighted by Gasteiger charge is 2.29. The average Bonchev–Trinajstić information content (AvgIpc) is 3.04. The number of carbonyl (C=O) groups is 1. The fraction of sp³-hybridized carbons (Fsp3) is 0.471. The number of likely N-dealkylation sites (tertiary alicyclic amines) is 1. The number of rotatable bonds is 3. The molecule has 1 aliphatic heterocycles. The van der Waals surface area contributed by atoms with E-state index in [0.29, 0.717) is 17.6 Å². The molecule has 23 heavy (non-hydrogen) atoms. The molecule has 6 heteroatoms. The zero-order valence-electron chi connectivity index (χ0n) is 13.6. The van der Waals surface area contributed by atoms with Gasteiger partial charge in [0.25, 0.3) is 0 Å². The lowest BCUT2D eigenvalue weighted by Crippen LogP contribution is -2.48. The van der Waals surface area contributed by atoms with Crippen molar-refractivity contribution in [2.45, 2.75) is 39.2 Å². The van der Waals surface area contributed by atoms with Crippen LogP contribution >= 0.6 is 0 Å². The molecule has 1 atom stereocenters. The van der Waals surface area contributed by atoms with E-state index in [1.165, 1.54) is 6.42 Å². The number of hydrogen-bond donors (Lipinski definition) is 1. The Kier molecular flexibility index (Phi) is 4.60. The summed E-state index contributed by atoms with van der Waals surface area (Å²) in [5.41, 5.74) is 0.689. The lowest BCUT2D eigenvalue weighted by molar-refractivity contribution is 0.138. The third-order valence-corrected chi connectivity index (χ3v) is 4.30. The van der Waals surface area contributed by atoms with Gasteiger partial charge in [-0.1, -0.05) is 19.9 Å². The van der Waals surface area contributed by atoms with E-state index in [4.69, 9.17) is 0 Å². The summed E-state index contributed by atoms with van der Waals surface area (Å²) in [6.07, 6.45) is 8.51. The largest absolute Gasteiger partial charge is 0.322 e. The van der Waals surface area contributed by atoms with Gasteiger partial charge < -0.3 is 10.2 Å². The molecule has 1 N–H and O–H groups in total. The SMILES string of the molecule is CC(C)[C@@H]1CCCCN1C(=O)Nc1cnn(-c2ccccn2)c1. The number of carbonyl (C=O) groups excluding carboxylic acids is 1. The number of hydrogen-bond acceptors (Lipinski definition) is 3. The highest BCUT2D eigenvalue weighted by molar-refractivity contribution is 5.89. The predicted molar refractivity (Wildman–Crippen MR) is 89.6 cm³/mol. The normalized spacial score (nSPS) is 18.2. The second-order valence-corrected chi connectivity index (χ2v) is 6.29. The number of aromatic nitrogens is 3. The number of anilines is 1. The Hall–Kier alpha value is -2.37. The summed E-state index contributed by atoms with van der Waals surface area (Å²) in [5, 5.41) is 7.22. The fourth-order valence-corrected chi connectivity index (χ4v) is 3.10. The number of pyridine rings is 1. The van der Waals surface area contributed by atoms with Crippen molar-refractivity contribution in [2.75, 3.05) is 11.9 Å². The fourth-order valence-electron chi connectivity index (χ4n) is 3.10. The Morgan fingerprint density at radius 1 is 1.35 bits per heavy atom. The second kappa shape index (κ2) is 6.81. The van der Waals surface area contributed by atoms with Crippen molar-refractivity contribution >= 4 is 11.7 Å². The van der Waals surface area contributed by atoms with Crippen LogP contribution in [0.3, 0.4) is 0 Å². The van der Waals surface area contributed by atoms with Crippen molar-refractivity contribution in [3.63, 3.8) is 0 Å². The molecule has 0 radical (unpaired) electrons. The maximum atomic E-state index is 12.6. The van der Waals surface area contributed by atoms with Crippen molar-refractivity contribution in [3.05, 3.63) is 36.8 Å². The molecule has 0 unspecified atom stereocenters. The number of amides is 2. The van der Waals surface area contributed by atoms with Crippen molar-refractivity contribution in [1.82, 2.24) is 19.7 Å². The first kappa shape index (κ1) is 15.5. The monoisotopic (exact) mass is 313 g/mol. The van der Waals surface area contributed by atoms with Crippen LogP contribution in [0, 0.1) is 5.92 Å². The van der Waals surface area contributed by atoms with Crippen molar-refractivity contribution in [3.8, 4) is 5.82 Å². The highest BCUT2D eigenvalue weighted by Crippen LogP contribution is 2.24. The van der Waals surface area contributed by atoms with E-state index >= 15 is 0 Å². The summed E-state index contributed by atoms with van der Waals surface area (Å²) >= 11 is 0. The van der Waals surface area contributed by atoms with Gasteiger partial charge in [0.1, 0.15) is 0 Å². The van der Waals surface area contributed by atoms with Crippen molar-refractivity contribution in [2.24, 2.45) is 5.92 Å². The highest BCUT2D eigenvalue weighted by atomic mass is 16.2. The van der Waals surface area contributed by atoms with Crippen LogP contribution < -0.4 is 5.32 Å². The summed E-state index contributed by atoms with van der Waals surface area (Å²) in [6, 6.07) is 5.91. The van der Waals surface area contributed by atoms with Crippen LogP contribution in [0.2, 0.25) is 0 Å². The molecule has 6 nitrogen and oxygen atoms in total. The molecule has 1 saturated heterocycles. The van der Waals surface area contributed by atoms with E-state index < -0.39 is 0 Å². The molecule has 3 heterocycles. The summed E-state index contributed by atoms with van der Waals surface area (Å²) < 4.78 is 1.66. The van der Waals surface area contributed by atoms with Crippen LogP contribution in [-0.2, 0) is 0 Å². The third-order valence-electron chi connectivity index (χ3n) is 4.30. The number of urea groups is 1. The topological polar surface area (TPSA) is 63.1 Å². The zero-order valence-corrected chi connectivity index (χ0v) is 13.6. The summed E-state index contributed by atoms with van der Waals surface area (Å²) in [7, 11) is 0. The van der Waals surface area contributed by atoms with E-state index in [2.05, 4.69) is 29.2 Å². The molecule has 3 rings (SSSR count). The minimum absolute atomic E-state index is 0.0380. The zero-order chi connectivity index (χ0) is 16.2. The van der Waals surface area contributed by atoms with Gasteiger partial charge >= 0.3 is 6.03 Å². The van der Waals surface area contributed by atoms with Crippen molar-refractivity contribution < 1.29 is 4.79 Å². The van der Waals surface area contributed by atoms with Crippen LogP contribution in [0.4, 0.5) is 10.5 Å². The average molecular weight is 313 g/mol. The molecular formula is C17H23N5O. The van der Waals surface area contributed by atoms with Gasteiger partial charge in [0, 0.05) is 18.8 Å². The van der Waals surface area contributed by atoms with Crippen LogP contribution in [0.1, 0.15) is 33.1 Å². The molecule has 0 saturated carbocycles. The summed E-state index contributed by atoms with van der Waals surface area (Å²) in [6.45, 7) is 5.17. The van der Waals surface area contributed by atoms with E-state index in [-0.39, 0.29) is 6.03 Å². The molecule has 122 valence electrons.